The number of rotatable bonds is 7. The van der Waals surface area contributed by atoms with Gasteiger partial charge in [-0.25, -0.2) is 9.18 Å². The quantitative estimate of drug-likeness (QED) is 0.561. The van der Waals surface area contributed by atoms with Gasteiger partial charge in [0.2, 0.25) is 17.6 Å². The Bertz CT molecular complexity index is 1010. The van der Waals surface area contributed by atoms with E-state index in [1.807, 2.05) is 0 Å². The smallest absolute Gasteiger partial charge is 0.341 e. The lowest BCUT2D eigenvalue weighted by molar-refractivity contribution is -0.130. The van der Waals surface area contributed by atoms with Crippen LogP contribution in [0.15, 0.2) is 39.3 Å². The van der Waals surface area contributed by atoms with Crippen molar-refractivity contribution in [3.05, 3.63) is 59.1 Å². The molecule has 0 aliphatic heterocycles. The zero-order valence-corrected chi connectivity index (χ0v) is 16.3. The van der Waals surface area contributed by atoms with Gasteiger partial charge < -0.3 is 18.6 Å². The Kier molecular flexibility index (Phi) is 6.06. The van der Waals surface area contributed by atoms with E-state index in [1.54, 1.807) is 32.2 Å². The molecular formula is C20H20FN3O5. The lowest BCUT2D eigenvalue weighted by Crippen LogP contribution is -2.26. The van der Waals surface area contributed by atoms with Crippen LogP contribution in [0.25, 0.3) is 11.4 Å². The van der Waals surface area contributed by atoms with E-state index in [-0.39, 0.29) is 31.1 Å². The van der Waals surface area contributed by atoms with Gasteiger partial charge in [0.15, 0.2) is 0 Å². The molecule has 0 spiro atoms. The highest BCUT2D eigenvalue weighted by atomic mass is 19.1. The minimum absolute atomic E-state index is 0.153. The van der Waals surface area contributed by atoms with Crippen molar-refractivity contribution >= 4 is 11.9 Å². The van der Waals surface area contributed by atoms with Gasteiger partial charge in [-0.15, -0.1) is 0 Å². The molecule has 152 valence electrons. The summed E-state index contributed by atoms with van der Waals surface area (Å²) >= 11 is 0. The molecule has 0 bridgehead atoms. The molecule has 0 aliphatic carbocycles. The fourth-order valence-corrected chi connectivity index (χ4v) is 2.73. The molecule has 3 rings (SSSR count). The summed E-state index contributed by atoms with van der Waals surface area (Å²) in [6.45, 7) is 1.87. The van der Waals surface area contributed by atoms with Crippen LogP contribution in [0.5, 0.6) is 0 Å². The number of nitrogens with zero attached hydrogens (tertiary/aromatic N) is 3. The predicted octanol–water partition coefficient (Wildman–Crippen LogP) is 3.15. The summed E-state index contributed by atoms with van der Waals surface area (Å²) in [6, 6.07) is 7.29. The van der Waals surface area contributed by atoms with Gasteiger partial charge in [-0.05, 0) is 37.3 Å². The van der Waals surface area contributed by atoms with Crippen LogP contribution >= 0.6 is 0 Å². The fraction of sp³-hybridized carbons (Fsp3) is 0.300. The second-order valence-corrected chi connectivity index (χ2v) is 6.44. The van der Waals surface area contributed by atoms with Crippen LogP contribution in [-0.4, -0.2) is 41.1 Å². The number of aryl methyl sites for hydroxylation is 2. The van der Waals surface area contributed by atoms with Gasteiger partial charge in [-0.2, -0.15) is 4.98 Å². The average Bonchev–Trinajstić information content (AvgIpc) is 3.32. The van der Waals surface area contributed by atoms with Crippen molar-refractivity contribution < 1.29 is 27.7 Å². The van der Waals surface area contributed by atoms with E-state index in [1.165, 1.54) is 24.1 Å². The highest BCUT2D eigenvalue weighted by Crippen LogP contribution is 2.18. The minimum Gasteiger partial charge on any atom is -0.465 e. The number of carbonyl (C=O) groups excluding carboxylic acids is 2. The van der Waals surface area contributed by atoms with Crippen molar-refractivity contribution in [1.29, 1.82) is 0 Å². The maximum atomic E-state index is 13.0. The number of ether oxygens (including phenoxy) is 1. The first-order valence-electron chi connectivity index (χ1n) is 8.87. The lowest BCUT2D eigenvalue weighted by atomic mass is 10.2. The van der Waals surface area contributed by atoms with Gasteiger partial charge in [-0.3, -0.25) is 4.79 Å². The van der Waals surface area contributed by atoms with Crippen molar-refractivity contribution in [3.63, 3.8) is 0 Å². The number of amides is 1. The van der Waals surface area contributed by atoms with Crippen LogP contribution < -0.4 is 0 Å². The molecule has 0 saturated heterocycles. The first-order chi connectivity index (χ1) is 13.9. The molecule has 2 aromatic heterocycles. The van der Waals surface area contributed by atoms with Gasteiger partial charge in [0, 0.05) is 25.5 Å². The molecule has 0 radical (unpaired) electrons. The summed E-state index contributed by atoms with van der Waals surface area (Å²) in [5.74, 6) is 0.578. The normalized spacial score (nSPS) is 10.8. The number of benzene rings is 1. The number of hydrogen-bond donors (Lipinski definition) is 0. The second-order valence-electron chi connectivity index (χ2n) is 6.44. The molecule has 0 N–H and O–H groups in total. The first kappa shape index (κ1) is 20.2. The summed E-state index contributed by atoms with van der Waals surface area (Å²) in [5, 5.41) is 3.85. The van der Waals surface area contributed by atoms with E-state index in [2.05, 4.69) is 14.9 Å². The zero-order valence-electron chi connectivity index (χ0n) is 16.3. The van der Waals surface area contributed by atoms with Crippen LogP contribution in [0.3, 0.4) is 0 Å². The Morgan fingerprint density at radius 3 is 2.66 bits per heavy atom. The molecule has 3 aromatic rings. The number of hydrogen-bond acceptors (Lipinski definition) is 7. The number of furan rings is 1. The van der Waals surface area contributed by atoms with Gasteiger partial charge >= 0.3 is 5.97 Å². The van der Waals surface area contributed by atoms with Crippen molar-refractivity contribution in [2.75, 3.05) is 14.2 Å². The first-order valence-corrected chi connectivity index (χ1v) is 8.87. The van der Waals surface area contributed by atoms with Crippen LogP contribution in [0.4, 0.5) is 4.39 Å². The third-order valence-corrected chi connectivity index (χ3v) is 4.32. The molecule has 0 saturated carbocycles. The molecule has 9 heteroatoms. The predicted molar refractivity (Wildman–Crippen MR) is 99.3 cm³/mol. The van der Waals surface area contributed by atoms with Crippen molar-refractivity contribution in [2.45, 2.75) is 26.3 Å². The number of halogens is 1. The topological polar surface area (TPSA) is 98.7 Å². The highest BCUT2D eigenvalue weighted by molar-refractivity contribution is 5.90. The number of methoxy groups -OCH3 is 1. The molecule has 1 aromatic carbocycles. The summed E-state index contributed by atoms with van der Waals surface area (Å²) in [5.41, 5.74) is 0.960. The standard InChI is InChI=1S/C20H20FN3O5/c1-12-16(20(26)27-3)10-15(28-12)11-24(2)18(25)9-8-17-22-19(23-29-17)13-4-6-14(21)7-5-13/h4-7,10H,8-9,11H2,1-3H3. The summed E-state index contributed by atoms with van der Waals surface area (Å²) in [7, 11) is 2.93. The van der Waals surface area contributed by atoms with Gasteiger partial charge in [0.1, 0.15) is 22.9 Å². The maximum Gasteiger partial charge on any atom is 0.341 e. The Balaban J connectivity index is 1.55. The number of aromatic nitrogens is 2. The molecule has 2 heterocycles. The van der Waals surface area contributed by atoms with Gasteiger partial charge in [0.05, 0.1) is 13.7 Å². The Morgan fingerprint density at radius 1 is 1.24 bits per heavy atom. The molecule has 0 unspecified atom stereocenters. The van der Waals surface area contributed by atoms with Crippen molar-refractivity contribution in [1.82, 2.24) is 15.0 Å². The van der Waals surface area contributed by atoms with Crippen LogP contribution in [0.1, 0.15) is 34.2 Å². The maximum absolute atomic E-state index is 13.0. The van der Waals surface area contributed by atoms with E-state index in [4.69, 9.17) is 8.94 Å². The summed E-state index contributed by atoms with van der Waals surface area (Å²) in [6.07, 6.45) is 0.424. The third-order valence-electron chi connectivity index (χ3n) is 4.32. The van der Waals surface area contributed by atoms with Crippen molar-refractivity contribution in [3.8, 4) is 11.4 Å². The monoisotopic (exact) mass is 401 g/mol. The molecule has 0 atom stereocenters. The Hall–Kier alpha value is -3.49. The van der Waals surface area contributed by atoms with Crippen molar-refractivity contribution in [2.24, 2.45) is 0 Å². The average molecular weight is 401 g/mol. The van der Waals surface area contributed by atoms with Crippen LogP contribution in [-0.2, 0) is 22.5 Å². The largest absolute Gasteiger partial charge is 0.465 e. The van der Waals surface area contributed by atoms with Gasteiger partial charge in [0.25, 0.3) is 0 Å². The fourth-order valence-electron chi connectivity index (χ4n) is 2.73. The van der Waals surface area contributed by atoms with Crippen LogP contribution in [0.2, 0.25) is 0 Å². The third kappa shape index (κ3) is 4.87. The lowest BCUT2D eigenvalue weighted by Gasteiger charge is -2.14. The minimum atomic E-state index is -0.486. The molecule has 1 amide bonds. The number of carbonyl (C=O) groups is 2. The second kappa shape index (κ2) is 8.68. The molecular weight excluding hydrogens is 381 g/mol. The van der Waals surface area contributed by atoms with E-state index < -0.39 is 5.97 Å². The SMILES string of the molecule is COC(=O)c1cc(CN(C)C(=O)CCc2nc(-c3ccc(F)cc3)no2)oc1C. The molecule has 29 heavy (non-hydrogen) atoms. The van der Waals surface area contributed by atoms with Gasteiger partial charge in [-0.1, -0.05) is 5.16 Å². The van der Waals surface area contributed by atoms with E-state index in [9.17, 15) is 14.0 Å². The van der Waals surface area contributed by atoms with E-state index in [0.29, 0.717) is 34.4 Å². The van der Waals surface area contributed by atoms with Crippen LogP contribution in [0, 0.1) is 12.7 Å². The Morgan fingerprint density at radius 2 is 1.97 bits per heavy atom. The highest BCUT2D eigenvalue weighted by Gasteiger charge is 2.18. The summed E-state index contributed by atoms with van der Waals surface area (Å²) in [4.78, 5) is 29.7. The zero-order chi connectivity index (χ0) is 21.0. The molecule has 0 fully saturated rings. The van der Waals surface area contributed by atoms with E-state index >= 15 is 0 Å². The summed E-state index contributed by atoms with van der Waals surface area (Å²) < 4.78 is 28.4. The number of esters is 1. The Labute approximate surface area is 166 Å². The van der Waals surface area contributed by atoms with E-state index in [0.717, 1.165) is 0 Å². The molecule has 8 nitrogen and oxygen atoms in total. The molecule has 0 aliphatic rings.